The number of halogens is 2. The molecule has 1 atom stereocenters. The maximum Gasteiger partial charge on any atom is 0.175 e. The number of H-pyrrole nitrogens is 1. The SMILES string of the molecule is CCCCCC(=O)CC1COCN(c2nc(CCC34CCCN3CCC4)nc3c(F)c(-c4cc(Cl)cc5[nH]ncc45)ncc23)C1. The molecule has 3 aliphatic heterocycles. The van der Waals surface area contributed by atoms with Crippen LogP contribution < -0.4 is 4.90 Å². The molecule has 0 spiro atoms. The van der Waals surface area contributed by atoms with Crippen LogP contribution in [0.25, 0.3) is 33.1 Å². The van der Waals surface area contributed by atoms with Crippen LogP contribution in [0.2, 0.25) is 5.02 Å². The molecule has 0 amide bonds. The fourth-order valence-electron chi connectivity index (χ4n) is 7.83. The lowest BCUT2D eigenvalue weighted by atomic mass is 9.88. The molecule has 3 aliphatic rings. The van der Waals surface area contributed by atoms with E-state index in [-0.39, 0.29) is 28.5 Å². The van der Waals surface area contributed by atoms with Gasteiger partial charge in [0, 0.05) is 59.4 Å². The summed E-state index contributed by atoms with van der Waals surface area (Å²) in [4.78, 5) is 31.9. The van der Waals surface area contributed by atoms with E-state index in [1.165, 1.54) is 25.7 Å². The summed E-state index contributed by atoms with van der Waals surface area (Å²) in [5.74, 6) is 1.04. The first-order valence-corrected chi connectivity index (χ1v) is 16.9. The lowest BCUT2D eigenvalue weighted by Crippen LogP contribution is -2.41. The maximum atomic E-state index is 16.7. The average Bonchev–Trinajstić information content (AvgIpc) is 3.76. The number of aryl methyl sites for hydroxylation is 1. The smallest absolute Gasteiger partial charge is 0.175 e. The van der Waals surface area contributed by atoms with Gasteiger partial charge >= 0.3 is 0 Å². The van der Waals surface area contributed by atoms with Gasteiger partial charge in [0.15, 0.2) is 5.82 Å². The molecule has 3 aromatic heterocycles. The number of rotatable bonds is 11. The van der Waals surface area contributed by atoms with Crippen molar-refractivity contribution in [2.45, 2.75) is 83.1 Å². The second-order valence-corrected chi connectivity index (χ2v) is 13.6. The van der Waals surface area contributed by atoms with Gasteiger partial charge in [-0.1, -0.05) is 31.4 Å². The number of carbonyl (C=O) groups is 1. The summed E-state index contributed by atoms with van der Waals surface area (Å²) in [6.07, 6.45) is 13.9. The number of ketones is 1. The van der Waals surface area contributed by atoms with Crippen molar-refractivity contribution >= 4 is 45.0 Å². The predicted molar refractivity (Wildman–Crippen MR) is 174 cm³/mol. The summed E-state index contributed by atoms with van der Waals surface area (Å²) in [5, 5.41) is 8.79. The van der Waals surface area contributed by atoms with Gasteiger partial charge in [0.1, 0.15) is 35.4 Å². The van der Waals surface area contributed by atoms with Crippen LogP contribution in [-0.4, -0.2) is 74.3 Å². The molecule has 6 heterocycles. The van der Waals surface area contributed by atoms with Gasteiger partial charge in [-0.15, -0.1) is 0 Å². The van der Waals surface area contributed by atoms with Crippen molar-refractivity contribution in [2.75, 3.05) is 37.9 Å². The molecule has 0 saturated carbocycles. The summed E-state index contributed by atoms with van der Waals surface area (Å²) >= 11 is 6.41. The van der Waals surface area contributed by atoms with Crippen LogP contribution in [0.3, 0.4) is 0 Å². The van der Waals surface area contributed by atoms with Gasteiger partial charge in [0.2, 0.25) is 0 Å². The van der Waals surface area contributed by atoms with Gasteiger partial charge in [-0.3, -0.25) is 19.8 Å². The zero-order chi connectivity index (χ0) is 31.0. The number of ether oxygens (including phenoxy) is 1. The molecule has 4 aromatic rings. The lowest BCUT2D eigenvalue weighted by Gasteiger charge is -2.34. The first-order chi connectivity index (χ1) is 21.9. The van der Waals surface area contributed by atoms with Crippen LogP contribution in [0.4, 0.5) is 10.2 Å². The van der Waals surface area contributed by atoms with E-state index in [0.717, 1.165) is 44.2 Å². The first-order valence-electron chi connectivity index (χ1n) is 16.5. The van der Waals surface area contributed by atoms with Crippen LogP contribution in [-0.2, 0) is 16.0 Å². The normalized spacial score (nSPS) is 20.0. The highest BCUT2D eigenvalue weighted by Gasteiger charge is 2.43. The van der Waals surface area contributed by atoms with Crippen LogP contribution in [0.15, 0.2) is 24.5 Å². The lowest BCUT2D eigenvalue weighted by molar-refractivity contribution is -0.120. The fraction of sp³-hybridized carbons (Fsp3) is 0.559. The number of unbranched alkanes of at least 4 members (excludes halogenated alkanes) is 2. The van der Waals surface area contributed by atoms with Crippen LogP contribution in [0.5, 0.6) is 0 Å². The topological polar surface area (TPSA) is 100 Å². The van der Waals surface area contributed by atoms with Gasteiger partial charge < -0.3 is 9.64 Å². The molecule has 1 aromatic carbocycles. The minimum atomic E-state index is -0.510. The van der Waals surface area contributed by atoms with E-state index in [9.17, 15) is 4.79 Å². The molecule has 45 heavy (non-hydrogen) atoms. The van der Waals surface area contributed by atoms with Gasteiger partial charge in [0.05, 0.1) is 23.7 Å². The summed E-state index contributed by atoms with van der Waals surface area (Å²) in [7, 11) is 0. The van der Waals surface area contributed by atoms with Crippen LogP contribution in [0.1, 0.15) is 77.0 Å². The summed E-state index contributed by atoms with van der Waals surface area (Å²) < 4.78 is 22.7. The molecule has 11 heteroatoms. The van der Waals surface area contributed by atoms with Gasteiger partial charge in [-0.2, -0.15) is 5.10 Å². The molecule has 0 aliphatic carbocycles. The van der Waals surface area contributed by atoms with Crippen molar-refractivity contribution in [3.05, 3.63) is 41.2 Å². The number of pyridine rings is 1. The Balaban J connectivity index is 1.25. The Hall–Kier alpha value is -3.21. The Morgan fingerprint density at radius 1 is 1.16 bits per heavy atom. The van der Waals surface area contributed by atoms with E-state index in [1.807, 2.05) is 4.90 Å². The predicted octanol–water partition coefficient (Wildman–Crippen LogP) is 6.87. The second kappa shape index (κ2) is 12.9. The summed E-state index contributed by atoms with van der Waals surface area (Å²) in [6.45, 7) is 5.89. The van der Waals surface area contributed by atoms with Crippen molar-refractivity contribution in [1.29, 1.82) is 0 Å². The van der Waals surface area contributed by atoms with Crippen molar-refractivity contribution in [2.24, 2.45) is 5.92 Å². The number of Topliss-reactive ketones (excluding diaryl/α,β-unsaturated/α-hetero) is 1. The number of aromatic nitrogens is 5. The Labute approximate surface area is 267 Å². The first kappa shape index (κ1) is 30.4. The third-order valence-corrected chi connectivity index (χ3v) is 10.3. The van der Waals surface area contributed by atoms with Crippen molar-refractivity contribution in [3.8, 4) is 11.3 Å². The number of benzene rings is 1. The van der Waals surface area contributed by atoms with Gasteiger partial charge in [-0.25, -0.2) is 14.4 Å². The standard InChI is InChI=1S/C34H41ClFN7O2/c1-2-3-4-7-24(44)14-22-19-42(21-45-20-22)33-27-17-37-31(25-15-23(35)16-28-26(25)18-38-41-28)30(36)32(27)39-29(40-33)8-11-34-9-5-12-43(34)13-6-10-34/h15-18,22H,2-14,19-21H2,1H3,(H,38,41). The van der Waals surface area contributed by atoms with Crippen molar-refractivity contribution in [1.82, 2.24) is 30.0 Å². The number of carbonyl (C=O) groups excluding carboxylic acids is 1. The highest BCUT2D eigenvalue weighted by atomic mass is 35.5. The fourth-order valence-corrected chi connectivity index (χ4v) is 8.05. The zero-order valence-electron chi connectivity index (χ0n) is 26.0. The molecule has 1 unspecified atom stereocenters. The minimum Gasteiger partial charge on any atom is -0.361 e. The molecule has 7 rings (SSSR count). The number of hydrogen-bond acceptors (Lipinski definition) is 8. The average molecular weight is 634 g/mol. The van der Waals surface area contributed by atoms with Crippen molar-refractivity contribution < 1.29 is 13.9 Å². The molecular weight excluding hydrogens is 593 g/mol. The van der Waals surface area contributed by atoms with Crippen LogP contribution in [0, 0.1) is 11.7 Å². The number of nitrogens with one attached hydrogen (secondary N) is 1. The summed E-state index contributed by atoms with van der Waals surface area (Å²) in [5.41, 5.74) is 1.88. The van der Waals surface area contributed by atoms with E-state index in [2.05, 4.69) is 27.0 Å². The largest absolute Gasteiger partial charge is 0.361 e. The molecule has 1 N–H and O–H groups in total. The van der Waals surface area contributed by atoms with Crippen molar-refractivity contribution in [3.63, 3.8) is 0 Å². The Morgan fingerprint density at radius 2 is 2.00 bits per heavy atom. The number of hydrogen-bond donors (Lipinski definition) is 1. The second-order valence-electron chi connectivity index (χ2n) is 13.1. The van der Waals surface area contributed by atoms with E-state index in [0.29, 0.717) is 72.3 Å². The third-order valence-electron chi connectivity index (χ3n) is 10.1. The van der Waals surface area contributed by atoms with E-state index in [1.54, 1.807) is 24.5 Å². The highest BCUT2D eigenvalue weighted by molar-refractivity contribution is 6.31. The molecular formula is C34H41ClFN7O2. The third kappa shape index (κ3) is 6.04. The van der Waals surface area contributed by atoms with Gasteiger partial charge in [0.25, 0.3) is 0 Å². The van der Waals surface area contributed by atoms with E-state index >= 15 is 4.39 Å². The zero-order valence-corrected chi connectivity index (χ0v) is 26.7. The molecule has 3 saturated heterocycles. The number of anilines is 1. The molecule has 3 fully saturated rings. The molecule has 238 valence electrons. The molecule has 9 nitrogen and oxygen atoms in total. The Bertz CT molecular complexity index is 1700. The molecule has 0 radical (unpaired) electrons. The Morgan fingerprint density at radius 3 is 2.82 bits per heavy atom. The monoisotopic (exact) mass is 633 g/mol. The minimum absolute atomic E-state index is 0.0451. The number of aromatic amines is 1. The number of fused-ring (bicyclic) bond motifs is 3. The van der Waals surface area contributed by atoms with Crippen LogP contribution >= 0.6 is 11.6 Å². The quantitative estimate of drug-likeness (QED) is 0.179. The summed E-state index contributed by atoms with van der Waals surface area (Å²) in [6, 6.07) is 3.48. The Kier molecular flexibility index (Phi) is 8.72. The van der Waals surface area contributed by atoms with Gasteiger partial charge in [-0.05, 0) is 63.7 Å². The number of nitrogens with zero attached hydrogens (tertiary/aromatic N) is 6. The highest BCUT2D eigenvalue weighted by Crippen LogP contribution is 2.42. The maximum absolute atomic E-state index is 16.7. The van der Waals surface area contributed by atoms with E-state index < -0.39 is 5.82 Å². The molecule has 0 bridgehead atoms. The van der Waals surface area contributed by atoms with E-state index in [4.69, 9.17) is 26.3 Å².